The molecule has 2 N–H and O–H groups in total. The van der Waals surface area contributed by atoms with Crippen LogP contribution in [-0.4, -0.2) is 26.0 Å². The molecule has 2 amide bonds. The predicted molar refractivity (Wildman–Crippen MR) is 98.3 cm³/mol. The highest BCUT2D eigenvalue weighted by atomic mass is 79.9. The summed E-state index contributed by atoms with van der Waals surface area (Å²) in [4.78, 5) is 23.8. The van der Waals surface area contributed by atoms with Crippen LogP contribution >= 0.6 is 15.9 Å². The SMILES string of the molecule is COc1ccc(OC)c(C=CC(=O)NNC(=O)c2ccc(Br)cc2)c1. The van der Waals surface area contributed by atoms with Gasteiger partial charge in [0.25, 0.3) is 11.8 Å². The van der Waals surface area contributed by atoms with E-state index in [1.807, 2.05) is 0 Å². The van der Waals surface area contributed by atoms with Crippen molar-refractivity contribution in [2.45, 2.75) is 0 Å². The molecule has 0 heterocycles. The Hall–Kier alpha value is -2.80. The zero-order valence-electron chi connectivity index (χ0n) is 13.7. The van der Waals surface area contributed by atoms with E-state index in [2.05, 4.69) is 26.8 Å². The van der Waals surface area contributed by atoms with Crippen molar-refractivity contribution in [1.82, 2.24) is 10.9 Å². The maximum Gasteiger partial charge on any atom is 0.269 e. The van der Waals surface area contributed by atoms with Crippen LogP contribution in [0.5, 0.6) is 11.5 Å². The average molecular weight is 405 g/mol. The second-order valence-electron chi connectivity index (χ2n) is 4.89. The number of rotatable bonds is 5. The summed E-state index contributed by atoms with van der Waals surface area (Å²) in [6.07, 6.45) is 2.86. The van der Waals surface area contributed by atoms with Crippen LogP contribution in [0.15, 0.2) is 53.0 Å². The highest BCUT2D eigenvalue weighted by Crippen LogP contribution is 2.24. The molecule has 0 spiro atoms. The highest BCUT2D eigenvalue weighted by molar-refractivity contribution is 9.10. The van der Waals surface area contributed by atoms with Crippen molar-refractivity contribution in [3.05, 3.63) is 64.1 Å². The Morgan fingerprint density at radius 1 is 1.00 bits per heavy atom. The molecule has 7 heteroatoms. The largest absolute Gasteiger partial charge is 0.497 e. The van der Waals surface area contributed by atoms with Crippen molar-refractivity contribution in [2.75, 3.05) is 14.2 Å². The van der Waals surface area contributed by atoms with Crippen molar-refractivity contribution < 1.29 is 19.1 Å². The van der Waals surface area contributed by atoms with E-state index in [1.165, 1.54) is 13.2 Å². The van der Waals surface area contributed by atoms with Crippen LogP contribution in [-0.2, 0) is 4.79 Å². The minimum Gasteiger partial charge on any atom is -0.497 e. The third-order valence-electron chi connectivity index (χ3n) is 3.26. The van der Waals surface area contributed by atoms with Gasteiger partial charge in [-0.15, -0.1) is 0 Å². The molecule has 130 valence electrons. The van der Waals surface area contributed by atoms with Gasteiger partial charge in [-0.1, -0.05) is 15.9 Å². The maximum atomic E-state index is 11.9. The molecule has 0 saturated carbocycles. The number of hydrogen-bond acceptors (Lipinski definition) is 4. The molecule has 6 nitrogen and oxygen atoms in total. The molecule has 2 aromatic carbocycles. The maximum absolute atomic E-state index is 11.9. The first-order valence-electron chi connectivity index (χ1n) is 7.29. The van der Waals surface area contributed by atoms with E-state index in [0.717, 1.165) is 4.47 Å². The van der Waals surface area contributed by atoms with E-state index in [9.17, 15) is 9.59 Å². The van der Waals surface area contributed by atoms with E-state index in [0.29, 0.717) is 22.6 Å². The summed E-state index contributed by atoms with van der Waals surface area (Å²) in [5.41, 5.74) is 5.78. The standard InChI is InChI=1S/C18H17BrN2O4/c1-24-15-8-9-16(25-2)13(11-15)5-10-17(22)20-21-18(23)12-3-6-14(19)7-4-12/h3-11H,1-2H3,(H,20,22)(H,21,23). The highest BCUT2D eigenvalue weighted by Gasteiger charge is 2.06. The Kier molecular flexibility index (Phi) is 6.59. The minimum absolute atomic E-state index is 0.409. The molecule has 2 aromatic rings. The number of methoxy groups -OCH3 is 2. The zero-order chi connectivity index (χ0) is 18.2. The number of ether oxygens (including phenoxy) is 2. The Bertz CT molecular complexity index is 788. The molecule has 0 radical (unpaired) electrons. The van der Waals surface area contributed by atoms with Gasteiger partial charge < -0.3 is 9.47 Å². The first kappa shape index (κ1) is 18.5. The van der Waals surface area contributed by atoms with Gasteiger partial charge in [-0.2, -0.15) is 0 Å². The van der Waals surface area contributed by atoms with Gasteiger partial charge in [-0.25, -0.2) is 0 Å². The Balaban J connectivity index is 1.97. The molecule has 2 rings (SSSR count). The van der Waals surface area contributed by atoms with E-state index < -0.39 is 11.8 Å². The van der Waals surface area contributed by atoms with E-state index in [4.69, 9.17) is 9.47 Å². The molecular weight excluding hydrogens is 388 g/mol. The van der Waals surface area contributed by atoms with Gasteiger partial charge in [-0.05, 0) is 48.5 Å². The number of hydrazine groups is 1. The van der Waals surface area contributed by atoms with Crippen molar-refractivity contribution >= 4 is 33.8 Å². The lowest BCUT2D eigenvalue weighted by Crippen LogP contribution is -2.40. The van der Waals surface area contributed by atoms with Crippen LogP contribution in [0.25, 0.3) is 6.08 Å². The van der Waals surface area contributed by atoms with Gasteiger partial charge in [-0.3, -0.25) is 20.4 Å². The number of benzene rings is 2. The lowest BCUT2D eigenvalue weighted by Gasteiger charge is -2.07. The molecule has 0 aromatic heterocycles. The van der Waals surface area contributed by atoms with E-state index in [-0.39, 0.29) is 0 Å². The number of carbonyl (C=O) groups excluding carboxylic acids is 2. The summed E-state index contributed by atoms with van der Waals surface area (Å²) >= 11 is 3.29. The molecule has 0 bridgehead atoms. The lowest BCUT2D eigenvalue weighted by molar-refractivity contribution is -0.117. The fourth-order valence-corrected chi connectivity index (χ4v) is 2.23. The number of hydrogen-bond donors (Lipinski definition) is 2. The summed E-state index contributed by atoms with van der Waals surface area (Å²) in [6.45, 7) is 0. The Morgan fingerprint density at radius 3 is 2.36 bits per heavy atom. The average Bonchev–Trinajstić information content (AvgIpc) is 2.64. The topological polar surface area (TPSA) is 76.7 Å². The third kappa shape index (κ3) is 5.36. The van der Waals surface area contributed by atoms with Gasteiger partial charge in [0.05, 0.1) is 14.2 Å². The molecule has 0 fully saturated rings. The summed E-state index contributed by atoms with van der Waals surface area (Å²) in [5, 5.41) is 0. The normalized spacial score (nSPS) is 10.4. The predicted octanol–water partition coefficient (Wildman–Crippen LogP) is 2.94. The van der Waals surface area contributed by atoms with Gasteiger partial charge in [0.2, 0.25) is 0 Å². The summed E-state index contributed by atoms with van der Waals surface area (Å²) < 4.78 is 11.2. The monoisotopic (exact) mass is 404 g/mol. The van der Waals surface area contributed by atoms with Gasteiger partial charge in [0, 0.05) is 21.7 Å². The van der Waals surface area contributed by atoms with Crippen molar-refractivity contribution in [1.29, 1.82) is 0 Å². The smallest absolute Gasteiger partial charge is 0.269 e. The summed E-state index contributed by atoms with van der Waals surface area (Å²) in [5.74, 6) is 0.358. The lowest BCUT2D eigenvalue weighted by atomic mass is 10.1. The summed E-state index contributed by atoms with van der Waals surface area (Å²) in [6, 6.07) is 12.0. The summed E-state index contributed by atoms with van der Waals surface area (Å²) in [7, 11) is 3.09. The quantitative estimate of drug-likeness (QED) is 0.593. The Labute approximate surface area is 153 Å². The van der Waals surface area contributed by atoms with E-state index in [1.54, 1.807) is 55.7 Å². The van der Waals surface area contributed by atoms with Gasteiger partial charge in [0.15, 0.2) is 0 Å². The van der Waals surface area contributed by atoms with Crippen molar-refractivity contribution in [3.8, 4) is 11.5 Å². The molecule has 0 aliphatic heterocycles. The van der Waals surface area contributed by atoms with Crippen molar-refractivity contribution in [3.63, 3.8) is 0 Å². The fraction of sp³-hybridized carbons (Fsp3) is 0.111. The van der Waals surface area contributed by atoms with Gasteiger partial charge >= 0.3 is 0 Å². The van der Waals surface area contributed by atoms with Crippen LogP contribution in [0, 0.1) is 0 Å². The van der Waals surface area contributed by atoms with Gasteiger partial charge in [0.1, 0.15) is 11.5 Å². The molecule has 0 saturated heterocycles. The first-order valence-corrected chi connectivity index (χ1v) is 8.09. The molecule has 0 unspecified atom stereocenters. The van der Waals surface area contributed by atoms with Crippen LogP contribution in [0.2, 0.25) is 0 Å². The molecule has 0 aliphatic rings. The number of carbonyl (C=O) groups is 2. The molecular formula is C18H17BrN2O4. The second kappa shape index (κ2) is 8.89. The van der Waals surface area contributed by atoms with E-state index >= 15 is 0 Å². The number of halogens is 1. The molecule has 0 aliphatic carbocycles. The zero-order valence-corrected chi connectivity index (χ0v) is 15.3. The van der Waals surface area contributed by atoms with Crippen LogP contribution in [0.4, 0.5) is 0 Å². The van der Waals surface area contributed by atoms with Crippen LogP contribution < -0.4 is 20.3 Å². The third-order valence-corrected chi connectivity index (χ3v) is 3.79. The van der Waals surface area contributed by atoms with Crippen LogP contribution in [0.1, 0.15) is 15.9 Å². The van der Waals surface area contributed by atoms with Crippen molar-refractivity contribution in [2.24, 2.45) is 0 Å². The fourth-order valence-electron chi connectivity index (χ4n) is 1.97. The molecule has 0 atom stereocenters. The Morgan fingerprint density at radius 2 is 1.72 bits per heavy atom. The van der Waals surface area contributed by atoms with Crippen LogP contribution in [0.3, 0.4) is 0 Å². The second-order valence-corrected chi connectivity index (χ2v) is 5.81. The number of nitrogens with one attached hydrogen (secondary N) is 2. The number of amides is 2. The minimum atomic E-state index is -0.477. The first-order chi connectivity index (χ1) is 12.0. The molecule has 25 heavy (non-hydrogen) atoms.